The Morgan fingerprint density at radius 2 is 1.89 bits per heavy atom. The Bertz CT molecular complexity index is 334. The maximum absolute atomic E-state index is 5.89. The third-order valence-corrected chi connectivity index (χ3v) is 3.51. The Labute approximate surface area is 112 Å². The highest BCUT2D eigenvalue weighted by Crippen LogP contribution is 2.20. The normalized spacial score (nSPS) is 12.7. The molecule has 0 spiro atoms. The van der Waals surface area contributed by atoms with Gasteiger partial charge in [0.15, 0.2) is 0 Å². The third-order valence-electron chi connectivity index (χ3n) is 3.51. The summed E-state index contributed by atoms with van der Waals surface area (Å²) in [5, 5.41) is 3.42. The summed E-state index contributed by atoms with van der Waals surface area (Å²) in [6.45, 7) is 10.6. The lowest BCUT2D eigenvalue weighted by Crippen LogP contribution is -2.17. The highest BCUT2D eigenvalue weighted by molar-refractivity contribution is 5.30. The van der Waals surface area contributed by atoms with Crippen LogP contribution in [0.2, 0.25) is 0 Å². The molecule has 0 bridgehead atoms. The molecule has 1 atom stereocenters. The van der Waals surface area contributed by atoms with Gasteiger partial charge in [-0.3, -0.25) is 0 Å². The van der Waals surface area contributed by atoms with Crippen LogP contribution in [0.25, 0.3) is 0 Å². The highest BCUT2D eigenvalue weighted by atomic mass is 16.5. The molecular formula is C16H27NO. The van der Waals surface area contributed by atoms with Crippen LogP contribution in [0, 0.1) is 5.92 Å². The minimum absolute atomic E-state index is 0.381. The molecule has 0 aliphatic rings. The van der Waals surface area contributed by atoms with Crippen LogP contribution in [-0.4, -0.2) is 13.2 Å². The number of nitrogens with one attached hydrogen (secondary N) is 1. The van der Waals surface area contributed by atoms with Crippen LogP contribution in [0.1, 0.15) is 52.1 Å². The first-order valence-electron chi connectivity index (χ1n) is 7.17. The molecule has 0 fully saturated rings. The van der Waals surface area contributed by atoms with Crippen molar-refractivity contribution in [3.8, 4) is 5.75 Å². The van der Waals surface area contributed by atoms with Gasteiger partial charge in [-0.1, -0.05) is 45.7 Å². The monoisotopic (exact) mass is 249 g/mol. The van der Waals surface area contributed by atoms with E-state index in [-0.39, 0.29) is 0 Å². The van der Waals surface area contributed by atoms with Gasteiger partial charge < -0.3 is 10.1 Å². The molecule has 1 aromatic rings. The van der Waals surface area contributed by atoms with Crippen LogP contribution in [0.4, 0.5) is 0 Å². The van der Waals surface area contributed by atoms with Crippen molar-refractivity contribution in [3.63, 3.8) is 0 Å². The quantitative estimate of drug-likeness (QED) is 0.746. The summed E-state index contributed by atoms with van der Waals surface area (Å²) in [5.41, 5.74) is 1.29. The first-order valence-corrected chi connectivity index (χ1v) is 7.17. The van der Waals surface area contributed by atoms with Crippen LogP contribution >= 0.6 is 0 Å². The van der Waals surface area contributed by atoms with E-state index in [2.05, 4.69) is 51.2 Å². The fourth-order valence-electron chi connectivity index (χ4n) is 2.04. The summed E-state index contributed by atoms with van der Waals surface area (Å²) >= 11 is 0. The van der Waals surface area contributed by atoms with E-state index in [1.807, 2.05) is 6.07 Å². The zero-order chi connectivity index (χ0) is 13.4. The molecule has 0 aromatic heterocycles. The van der Waals surface area contributed by atoms with Gasteiger partial charge in [0, 0.05) is 6.04 Å². The zero-order valence-electron chi connectivity index (χ0n) is 12.2. The molecule has 2 heteroatoms. The largest absolute Gasteiger partial charge is 0.493 e. The van der Waals surface area contributed by atoms with Crippen LogP contribution < -0.4 is 10.1 Å². The molecule has 102 valence electrons. The lowest BCUT2D eigenvalue weighted by molar-refractivity contribution is 0.240. The topological polar surface area (TPSA) is 21.3 Å². The van der Waals surface area contributed by atoms with Crippen LogP contribution in [-0.2, 0) is 0 Å². The molecule has 18 heavy (non-hydrogen) atoms. The van der Waals surface area contributed by atoms with Gasteiger partial charge >= 0.3 is 0 Å². The van der Waals surface area contributed by atoms with E-state index in [0.717, 1.165) is 18.9 Å². The van der Waals surface area contributed by atoms with Gasteiger partial charge in [0.2, 0.25) is 0 Å². The highest BCUT2D eigenvalue weighted by Gasteiger charge is 2.07. The Morgan fingerprint density at radius 3 is 2.50 bits per heavy atom. The average Bonchev–Trinajstić information content (AvgIpc) is 2.40. The van der Waals surface area contributed by atoms with Crippen molar-refractivity contribution >= 4 is 0 Å². The van der Waals surface area contributed by atoms with Gasteiger partial charge in [0.05, 0.1) is 6.61 Å². The Kier molecular flexibility index (Phi) is 6.81. The SMILES string of the molecule is CCNC(C)c1cccc(OCC(CC)CC)c1. The van der Waals surface area contributed by atoms with E-state index < -0.39 is 0 Å². The van der Waals surface area contributed by atoms with E-state index >= 15 is 0 Å². The minimum atomic E-state index is 0.381. The molecule has 1 rings (SSSR count). The zero-order valence-corrected chi connectivity index (χ0v) is 12.2. The molecule has 0 radical (unpaired) electrons. The molecule has 0 saturated heterocycles. The van der Waals surface area contributed by atoms with E-state index in [1.165, 1.54) is 18.4 Å². The van der Waals surface area contributed by atoms with Gasteiger partial charge in [-0.2, -0.15) is 0 Å². The predicted octanol–water partition coefficient (Wildman–Crippen LogP) is 4.17. The number of benzene rings is 1. The van der Waals surface area contributed by atoms with E-state index in [1.54, 1.807) is 0 Å². The Morgan fingerprint density at radius 1 is 1.17 bits per heavy atom. The summed E-state index contributed by atoms with van der Waals surface area (Å²) in [6.07, 6.45) is 2.37. The number of ether oxygens (including phenoxy) is 1. The second-order valence-corrected chi connectivity index (χ2v) is 4.85. The van der Waals surface area contributed by atoms with Gasteiger partial charge in [-0.15, -0.1) is 0 Å². The van der Waals surface area contributed by atoms with Gasteiger partial charge in [-0.05, 0) is 37.1 Å². The summed E-state index contributed by atoms with van der Waals surface area (Å²) < 4.78 is 5.89. The second kappa shape index (κ2) is 8.15. The van der Waals surface area contributed by atoms with Crippen molar-refractivity contribution in [1.82, 2.24) is 5.32 Å². The summed E-state index contributed by atoms with van der Waals surface area (Å²) in [6, 6.07) is 8.80. The molecule has 0 saturated carbocycles. The third kappa shape index (κ3) is 4.69. The second-order valence-electron chi connectivity index (χ2n) is 4.85. The average molecular weight is 249 g/mol. The van der Waals surface area contributed by atoms with Crippen molar-refractivity contribution in [2.45, 2.75) is 46.6 Å². The lowest BCUT2D eigenvalue weighted by atomic mass is 10.1. The van der Waals surface area contributed by atoms with E-state index in [4.69, 9.17) is 4.74 Å². The van der Waals surface area contributed by atoms with Crippen LogP contribution in [0.5, 0.6) is 5.75 Å². The number of hydrogen-bond donors (Lipinski definition) is 1. The Balaban J connectivity index is 2.59. The maximum Gasteiger partial charge on any atom is 0.119 e. The van der Waals surface area contributed by atoms with Gasteiger partial charge in [-0.25, -0.2) is 0 Å². The van der Waals surface area contributed by atoms with Crippen molar-refractivity contribution in [1.29, 1.82) is 0 Å². The van der Waals surface area contributed by atoms with Crippen LogP contribution in [0.3, 0.4) is 0 Å². The fraction of sp³-hybridized carbons (Fsp3) is 0.625. The van der Waals surface area contributed by atoms with Crippen molar-refractivity contribution in [3.05, 3.63) is 29.8 Å². The fourth-order valence-corrected chi connectivity index (χ4v) is 2.04. The molecule has 0 amide bonds. The first-order chi connectivity index (χ1) is 8.71. The molecular weight excluding hydrogens is 222 g/mol. The van der Waals surface area contributed by atoms with Gasteiger partial charge in [0.25, 0.3) is 0 Å². The summed E-state index contributed by atoms with van der Waals surface area (Å²) in [5.74, 6) is 1.66. The van der Waals surface area contributed by atoms with E-state index in [9.17, 15) is 0 Å². The summed E-state index contributed by atoms with van der Waals surface area (Å²) in [4.78, 5) is 0. The smallest absolute Gasteiger partial charge is 0.119 e. The lowest BCUT2D eigenvalue weighted by Gasteiger charge is -2.16. The standard InChI is InChI=1S/C16H27NO/c1-5-14(6-2)12-18-16-10-8-9-15(11-16)13(4)17-7-3/h8-11,13-14,17H,5-7,12H2,1-4H3. The minimum Gasteiger partial charge on any atom is -0.493 e. The first kappa shape index (κ1) is 15.0. The van der Waals surface area contributed by atoms with Gasteiger partial charge in [0.1, 0.15) is 5.75 Å². The van der Waals surface area contributed by atoms with Crippen molar-refractivity contribution in [2.75, 3.05) is 13.2 Å². The molecule has 0 aliphatic carbocycles. The molecule has 1 unspecified atom stereocenters. The molecule has 1 N–H and O–H groups in total. The Hall–Kier alpha value is -1.02. The molecule has 0 aliphatic heterocycles. The van der Waals surface area contributed by atoms with E-state index in [0.29, 0.717) is 12.0 Å². The van der Waals surface area contributed by atoms with Crippen molar-refractivity contribution in [2.24, 2.45) is 5.92 Å². The number of hydrogen-bond acceptors (Lipinski definition) is 2. The predicted molar refractivity (Wildman–Crippen MR) is 78.1 cm³/mol. The van der Waals surface area contributed by atoms with Crippen LogP contribution in [0.15, 0.2) is 24.3 Å². The molecule has 0 heterocycles. The van der Waals surface area contributed by atoms with Crippen molar-refractivity contribution < 1.29 is 4.74 Å². The maximum atomic E-state index is 5.89. The molecule has 1 aromatic carbocycles. The number of rotatable bonds is 8. The molecule has 2 nitrogen and oxygen atoms in total. The summed E-state index contributed by atoms with van der Waals surface area (Å²) in [7, 11) is 0.